The molecular weight excluding hydrogens is 370 g/mol. The first kappa shape index (κ1) is 19.0. The van der Waals surface area contributed by atoms with Crippen LogP contribution in [0.3, 0.4) is 0 Å². The third-order valence-corrected chi connectivity index (χ3v) is 5.47. The van der Waals surface area contributed by atoms with Crippen LogP contribution in [0.5, 0.6) is 0 Å². The first-order valence-corrected chi connectivity index (χ1v) is 9.85. The highest BCUT2D eigenvalue weighted by Crippen LogP contribution is 2.34. The van der Waals surface area contributed by atoms with Gasteiger partial charge in [-0.3, -0.25) is 14.3 Å². The number of hydrogen-bond acceptors (Lipinski definition) is 4. The second-order valence-corrected chi connectivity index (χ2v) is 7.25. The van der Waals surface area contributed by atoms with Crippen LogP contribution in [-0.2, 0) is 16.9 Å². The number of urea groups is 1. The molecule has 0 spiro atoms. The number of para-hydroxylation sites is 2. The molecular formula is C22H23N3O4. The minimum absolute atomic E-state index is 0.0921. The zero-order valence-electron chi connectivity index (χ0n) is 16.3. The molecule has 4 rings (SSSR count). The monoisotopic (exact) mass is 393 g/mol. The van der Waals surface area contributed by atoms with Crippen molar-refractivity contribution < 1.29 is 14.0 Å². The number of rotatable bonds is 7. The van der Waals surface area contributed by atoms with E-state index in [0.717, 1.165) is 18.4 Å². The smallest absolute Gasteiger partial charge is 0.408 e. The standard InChI is InChI=1S/C22H23N3O4/c1-2-3-13-22(16-9-5-4-6-10-16)19(26)25(20(27)23-22)15-14-24-17-11-7-8-12-18(17)29-21(24)28/h4-12H,2-3,13-15H2,1H3,(H,23,27). The SMILES string of the molecule is CCCCC1(c2ccccc2)NC(=O)N(CCn2c(=O)oc3ccccc32)C1=O. The van der Waals surface area contributed by atoms with E-state index in [9.17, 15) is 14.4 Å². The van der Waals surface area contributed by atoms with E-state index in [2.05, 4.69) is 5.32 Å². The molecule has 7 heteroatoms. The van der Waals surface area contributed by atoms with Crippen LogP contribution in [0.1, 0.15) is 31.7 Å². The van der Waals surface area contributed by atoms with E-state index in [-0.39, 0.29) is 19.0 Å². The summed E-state index contributed by atoms with van der Waals surface area (Å²) in [6, 6.07) is 16.0. The Hall–Kier alpha value is -3.35. The molecule has 1 unspecified atom stereocenters. The molecule has 1 aliphatic rings. The Morgan fingerprint density at radius 2 is 1.69 bits per heavy atom. The highest BCUT2D eigenvalue weighted by Gasteiger charge is 2.51. The van der Waals surface area contributed by atoms with Crippen molar-refractivity contribution in [1.29, 1.82) is 0 Å². The second-order valence-electron chi connectivity index (χ2n) is 7.25. The average Bonchev–Trinajstić information content (AvgIpc) is 3.19. The Balaban J connectivity index is 1.61. The van der Waals surface area contributed by atoms with Gasteiger partial charge in [0.05, 0.1) is 5.52 Å². The molecule has 1 atom stereocenters. The van der Waals surface area contributed by atoms with Crippen LogP contribution in [0.4, 0.5) is 4.79 Å². The zero-order chi connectivity index (χ0) is 20.4. The number of imide groups is 1. The topological polar surface area (TPSA) is 84.6 Å². The highest BCUT2D eigenvalue weighted by molar-refractivity contribution is 6.07. The molecule has 3 aromatic rings. The highest BCUT2D eigenvalue weighted by atomic mass is 16.4. The van der Waals surface area contributed by atoms with Gasteiger partial charge in [-0.05, 0) is 24.1 Å². The Morgan fingerprint density at radius 3 is 2.45 bits per heavy atom. The van der Waals surface area contributed by atoms with Gasteiger partial charge < -0.3 is 9.73 Å². The number of nitrogens with one attached hydrogen (secondary N) is 1. The van der Waals surface area contributed by atoms with E-state index in [0.29, 0.717) is 17.5 Å². The van der Waals surface area contributed by atoms with Crippen LogP contribution in [0, 0.1) is 0 Å². The summed E-state index contributed by atoms with van der Waals surface area (Å²) in [6.07, 6.45) is 2.25. The molecule has 1 aliphatic heterocycles. The van der Waals surface area contributed by atoms with E-state index in [4.69, 9.17) is 4.42 Å². The van der Waals surface area contributed by atoms with Crippen LogP contribution in [0.25, 0.3) is 11.1 Å². The number of oxazole rings is 1. The van der Waals surface area contributed by atoms with Crippen LogP contribution in [0.2, 0.25) is 0 Å². The lowest BCUT2D eigenvalue weighted by atomic mass is 9.85. The third-order valence-electron chi connectivity index (χ3n) is 5.47. The lowest BCUT2D eigenvalue weighted by Gasteiger charge is -2.27. The molecule has 1 fully saturated rings. The van der Waals surface area contributed by atoms with Gasteiger partial charge >= 0.3 is 11.8 Å². The van der Waals surface area contributed by atoms with Gasteiger partial charge in [-0.1, -0.05) is 62.2 Å². The predicted molar refractivity (Wildman–Crippen MR) is 108 cm³/mol. The van der Waals surface area contributed by atoms with Gasteiger partial charge in [0.2, 0.25) is 0 Å². The van der Waals surface area contributed by atoms with Crippen molar-refractivity contribution >= 4 is 23.0 Å². The maximum absolute atomic E-state index is 13.4. The maximum Gasteiger partial charge on any atom is 0.420 e. The van der Waals surface area contributed by atoms with Gasteiger partial charge in [-0.25, -0.2) is 9.59 Å². The molecule has 2 aromatic carbocycles. The summed E-state index contributed by atoms with van der Waals surface area (Å²) in [4.78, 5) is 39.5. The van der Waals surface area contributed by atoms with Crippen molar-refractivity contribution in [3.05, 3.63) is 70.7 Å². The minimum atomic E-state index is -1.06. The van der Waals surface area contributed by atoms with Gasteiger partial charge in [0.15, 0.2) is 5.58 Å². The largest absolute Gasteiger partial charge is 0.420 e. The molecule has 3 amide bonds. The number of fused-ring (bicyclic) bond motifs is 1. The van der Waals surface area contributed by atoms with E-state index >= 15 is 0 Å². The van der Waals surface area contributed by atoms with Crippen molar-refractivity contribution in [1.82, 2.24) is 14.8 Å². The van der Waals surface area contributed by atoms with Crippen LogP contribution in [-0.4, -0.2) is 28.0 Å². The molecule has 7 nitrogen and oxygen atoms in total. The Labute approximate surface area is 167 Å². The summed E-state index contributed by atoms with van der Waals surface area (Å²) >= 11 is 0. The number of unbranched alkanes of at least 4 members (excludes halogenated alkanes) is 1. The molecule has 29 heavy (non-hydrogen) atoms. The Bertz CT molecular complexity index is 1100. The first-order valence-electron chi connectivity index (χ1n) is 9.85. The van der Waals surface area contributed by atoms with Gasteiger partial charge in [-0.15, -0.1) is 0 Å². The van der Waals surface area contributed by atoms with Crippen molar-refractivity contribution in [2.45, 2.75) is 38.3 Å². The number of amides is 3. The van der Waals surface area contributed by atoms with Crippen molar-refractivity contribution in [3.8, 4) is 0 Å². The van der Waals surface area contributed by atoms with Crippen LogP contribution in [0.15, 0.2) is 63.8 Å². The average molecular weight is 393 g/mol. The molecule has 0 radical (unpaired) electrons. The number of nitrogens with zero attached hydrogens (tertiary/aromatic N) is 2. The number of hydrogen-bond donors (Lipinski definition) is 1. The normalized spacial score (nSPS) is 19.1. The summed E-state index contributed by atoms with van der Waals surface area (Å²) in [5.41, 5.74) is 0.846. The molecule has 1 N–H and O–H groups in total. The molecule has 2 heterocycles. The lowest BCUT2D eigenvalue weighted by molar-refractivity contribution is -0.132. The molecule has 1 saturated heterocycles. The maximum atomic E-state index is 13.4. The summed E-state index contributed by atoms with van der Waals surface area (Å²) in [5.74, 6) is -0.776. The fourth-order valence-electron chi connectivity index (χ4n) is 3.93. The zero-order valence-corrected chi connectivity index (χ0v) is 16.3. The quantitative estimate of drug-likeness (QED) is 0.625. The van der Waals surface area contributed by atoms with E-state index in [1.165, 1.54) is 9.47 Å². The van der Waals surface area contributed by atoms with Gasteiger partial charge in [0.1, 0.15) is 5.54 Å². The van der Waals surface area contributed by atoms with Crippen molar-refractivity contribution in [2.24, 2.45) is 0 Å². The lowest BCUT2D eigenvalue weighted by Crippen LogP contribution is -2.44. The summed E-state index contributed by atoms with van der Waals surface area (Å²) in [7, 11) is 0. The number of carbonyl (C=O) groups excluding carboxylic acids is 2. The minimum Gasteiger partial charge on any atom is -0.408 e. The van der Waals surface area contributed by atoms with Gasteiger partial charge in [0.25, 0.3) is 5.91 Å². The van der Waals surface area contributed by atoms with Crippen LogP contribution < -0.4 is 11.1 Å². The molecule has 0 aliphatic carbocycles. The Morgan fingerprint density at radius 1 is 0.966 bits per heavy atom. The van der Waals surface area contributed by atoms with Crippen molar-refractivity contribution in [3.63, 3.8) is 0 Å². The number of aromatic nitrogens is 1. The second kappa shape index (κ2) is 7.58. The molecule has 0 bridgehead atoms. The van der Waals surface area contributed by atoms with Crippen molar-refractivity contribution in [2.75, 3.05) is 6.54 Å². The number of carbonyl (C=O) groups is 2. The number of benzene rings is 2. The van der Waals surface area contributed by atoms with E-state index in [1.807, 2.05) is 43.3 Å². The predicted octanol–water partition coefficient (Wildman–Crippen LogP) is 3.23. The van der Waals surface area contributed by atoms with Crippen LogP contribution >= 0.6 is 0 Å². The van der Waals surface area contributed by atoms with Gasteiger partial charge in [-0.2, -0.15) is 0 Å². The summed E-state index contributed by atoms with van der Waals surface area (Å²) in [6.45, 7) is 2.32. The fourth-order valence-corrected chi connectivity index (χ4v) is 3.93. The van der Waals surface area contributed by atoms with E-state index < -0.39 is 17.3 Å². The molecule has 1 aromatic heterocycles. The van der Waals surface area contributed by atoms with Gasteiger partial charge in [0, 0.05) is 13.1 Å². The molecule has 0 saturated carbocycles. The third kappa shape index (κ3) is 3.22. The summed E-state index contributed by atoms with van der Waals surface area (Å²) < 4.78 is 6.68. The Kier molecular flexibility index (Phi) is 4.96. The fraction of sp³-hybridized carbons (Fsp3) is 0.318. The first-order chi connectivity index (χ1) is 14.1. The molecule has 150 valence electrons. The summed E-state index contributed by atoms with van der Waals surface area (Å²) in [5, 5.41) is 2.93. The van der Waals surface area contributed by atoms with E-state index in [1.54, 1.807) is 18.2 Å².